The summed E-state index contributed by atoms with van der Waals surface area (Å²) < 4.78 is 2.57. The zero-order valence-corrected chi connectivity index (χ0v) is 10.4. The standard InChI is InChI=1S/C11H12BrN3O/c1-15-11(13-7-14-15)6-10(16)8-4-2-3-5-9(8)12/h2-5,7,10,16H,6H2,1H3. The van der Waals surface area contributed by atoms with Gasteiger partial charge < -0.3 is 5.11 Å². The fourth-order valence-electron chi connectivity index (χ4n) is 1.53. The predicted octanol–water partition coefficient (Wildman–Crippen LogP) is 1.85. The van der Waals surface area contributed by atoms with Crippen LogP contribution in [0.4, 0.5) is 0 Å². The Morgan fingerprint density at radius 2 is 2.19 bits per heavy atom. The van der Waals surface area contributed by atoms with Gasteiger partial charge in [0.1, 0.15) is 12.2 Å². The molecule has 1 atom stereocenters. The molecule has 0 aliphatic rings. The Kier molecular flexibility index (Phi) is 3.36. The molecule has 1 aromatic carbocycles. The highest BCUT2D eigenvalue weighted by Gasteiger charge is 2.14. The molecule has 0 amide bonds. The molecule has 1 N–H and O–H groups in total. The van der Waals surface area contributed by atoms with Crippen molar-refractivity contribution in [1.82, 2.24) is 14.8 Å². The van der Waals surface area contributed by atoms with Crippen molar-refractivity contribution in [2.75, 3.05) is 0 Å². The molecule has 0 saturated carbocycles. The number of aromatic nitrogens is 3. The van der Waals surface area contributed by atoms with E-state index in [9.17, 15) is 5.11 Å². The maximum atomic E-state index is 10.1. The zero-order valence-electron chi connectivity index (χ0n) is 8.84. The fourth-order valence-corrected chi connectivity index (χ4v) is 2.08. The van der Waals surface area contributed by atoms with Crippen molar-refractivity contribution in [3.63, 3.8) is 0 Å². The van der Waals surface area contributed by atoms with E-state index in [1.54, 1.807) is 4.68 Å². The van der Waals surface area contributed by atoms with Crippen LogP contribution >= 0.6 is 15.9 Å². The van der Waals surface area contributed by atoms with Crippen molar-refractivity contribution in [3.05, 3.63) is 46.5 Å². The molecule has 2 aromatic rings. The highest BCUT2D eigenvalue weighted by atomic mass is 79.9. The third kappa shape index (κ3) is 2.31. The van der Waals surface area contributed by atoms with Gasteiger partial charge in [0.15, 0.2) is 0 Å². The number of rotatable bonds is 3. The lowest BCUT2D eigenvalue weighted by Gasteiger charge is -2.11. The van der Waals surface area contributed by atoms with E-state index in [4.69, 9.17) is 0 Å². The average molecular weight is 282 g/mol. The second kappa shape index (κ2) is 4.76. The number of hydrogen-bond donors (Lipinski definition) is 1. The molecule has 0 spiro atoms. The minimum atomic E-state index is -0.571. The first-order valence-electron chi connectivity index (χ1n) is 4.94. The van der Waals surface area contributed by atoms with E-state index in [1.807, 2.05) is 31.3 Å². The molecule has 2 rings (SSSR count). The van der Waals surface area contributed by atoms with Crippen LogP contribution in [0, 0.1) is 0 Å². The summed E-state index contributed by atoms with van der Waals surface area (Å²) in [4.78, 5) is 4.09. The number of aryl methyl sites for hydroxylation is 1. The summed E-state index contributed by atoms with van der Waals surface area (Å²) >= 11 is 3.42. The third-order valence-corrected chi connectivity index (χ3v) is 3.17. The second-order valence-electron chi connectivity index (χ2n) is 3.54. The Hall–Kier alpha value is -1.20. The smallest absolute Gasteiger partial charge is 0.138 e. The topological polar surface area (TPSA) is 50.9 Å². The molecule has 0 fully saturated rings. The average Bonchev–Trinajstić information content (AvgIpc) is 2.65. The molecular weight excluding hydrogens is 270 g/mol. The molecule has 1 aromatic heterocycles. The monoisotopic (exact) mass is 281 g/mol. The molecule has 1 unspecified atom stereocenters. The largest absolute Gasteiger partial charge is 0.388 e. The summed E-state index contributed by atoms with van der Waals surface area (Å²) in [5.74, 6) is 0.767. The first-order valence-corrected chi connectivity index (χ1v) is 5.73. The van der Waals surface area contributed by atoms with Gasteiger partial charge in [0.25, 0.3) is 0 Å². The van der Waals surface area contributed by atoms with Gasteiger partial charge in [-0.2, -0.15) is 5.10 Å². The second-order valence-corrected chi connectivity index (χ2v) is 4.40. The van der Waals surface area contributed by atoms with Gasteiger partial charge in [-0.25, -0.2) is 4.98 Å². The number of benzene rings is 1. The van der Waals surface area contributed by atoms with E-state index >= 15 is 0 Å². The van der Waals surface area contributed by atoms with E-state index in [-0.39, 0.29) is 0 Å². The van der Waals surface area contributed by atoms with Crippen LogP contribution in [0.15, 0.2) is 35.1 Å². The molecule has 0 saturated heterocycles. The van der Waals surface area contributed by atoms with Gasteiger partial charge in [-0.15, -0.1) is 0 Å². The summed E-state index contributed by atoms with van der Waals surface area (Å²) in [6.45, 7) is 0. The van der Waals surface area contributed by atoms with Crippen molar-refractivity contribution >= 4 is 15.9 Å². The maximum absolute atomic E-state index is 10.1. The Morgan fingerprint density at radius 3 is 2.81 bits per heavy atom. The number of hydrogen-bond acceptors (Lipinski definition) is 3. The van der Waals surface area contributed by atoms with Gasteiger partial charge in [0.2, 0.25) is 0 Å². The van der Waals surface area contributed by atoms with Crippen molar-refractivity contribution in [2.45, 2.75) is 12.5 Å². The van der Waals surface area contributed by atoms with E-state index in [1.165, 1.54) is 6.33 Å². The van der Waals surface area contributed by atoms with E-state index < -0.39 is 6.10 Å². The lowest BCUT2D eigenvalue weighted by Crippen LogP contribution is -2.08. The predicted molar refractivity (Wildman–Crippen MR) is 63.8 cm³/mol. The molecule has 0 aliphatic heterocycles. The lowest BCUT2D eigenvalue weighted by molar-refractivity contribution is 0.173. The van der Waals surface area contributed by atoms with Crippen LogP contribution in [0.2, 0.25) is 0 Å². The summed E-state index contributed by atoms with van der Waals surface area (Å²) in [7, 11) is 1.81. The molecule has 16 heavy (non-hydrogen) atoms. The Bertz CT molecular complexity index is 484. The summed E-state index contributed by atoms with van der Waals surface area (Å²) in [6.07, 6.45) is 1.37. The zero-order chi connectivity index (χ0) is 11.5. The quantitative estimate of drug-likeness (QED) is 0.934. The fraction of sp³-hybridized carbons (Fsp3) is 0.273. The van der Waals surface area contributed by atoms with Gasteiger partial charge in [0.05, 0.1) is 6.10 Å². The lowest BCUT2D eigenvalue weighted by atomic mass is 10.1. The van der Waals surface area contributed by atoms with Crippen LogP contribution in [-0.4, -0.2) is 19.9 Å². The number of aliphatic hydroxyl groups is 1. The third-order valence-electron chi connectivity index (χ3n) is 2.45. The first kappa shape index (κ1) is 11.3. The van der Waals surface area contributed by atoms with Gasteiger partial charge in [-0.1, -0.05) is 34.1 Å². The molecule has 4 nitrogen and oxygen atoms in total. The summed E-state index contributed by atoms with van der Waals surface area (Å²) in [6, 6.07) is 7.63. The van der Waals surface area contributed by atoms with Crippen LogP contribution in [0.25, 0.3) is 0 Å². The van der Waals surface area contributed by atoms with Crippen molar-refractivity contribution < 1.29 is 5.11 Å². The first-order chi connectivity index (χ1) is 7.68. The minimum absolute atomic E-state index is 0.457. The Balaban J connectivity index is 2.18. The molecule has 0 aliphatic carbocycles. The van der Waals surface area contributed by atoms with Crippen LogP contribution in [0.3, 0.4) is 0 Å². The van der Waals surface area contributed by atoms with Gasteiger partial charge in [0, 0.05) is 17.9 Å². The highest BCUT2D eigenvalue weighted by molar-refractivity contribution is 9.10. The van der Waals surface area contributed by atoms with Crippen molar-refractivity contribution in [1.29, 1.82) is 0 Å². The SMILES string of the molecule is Cn1ncnc1CC(O)c1ccccc1Br. The molecule has 1 heterocycles. The van der Waals surface area contributed by atoms with Crippen LogP contribution in [0.1, 0.15) is 17.5 Å². The molecule has 84 valence electrons. The van der Waals surface area contributed by atoms with Gasteiger partial charge in [-0.3, -0.25) is 4.68 Å². The molecular formula is C11H12BrN3O. The highest BCUT2D eigenvalue weighted by Crippen LogP contribution is 2.24. The van der Waals surface area contributed by atoms with Crippen LogP contribution in [0.5, 0.6) is 0 Å². The van der Waals surface area contributed by atoms with Crippen molar-refractivity contribution in [2.24, 2.45) is 7.05 Å². The summed E-state index contributed by atoms with van der Waals surface area (Å²) in [5, 5.41) is 14.1. The molecule has 0 bridgehead atoms. The van der Waals surface area contributed by atoms with Crippen LogP contribution < -0.4 is 0 Å². The van der Waals surface area contributed by atoms with Crippen LogP contribution in [-0.2, 0) is 13.5 Å². The van der Waals surface area contributed by atoms with E-state index in [0.717, 1.165) is 15.9 Å². The number of nitrogens with zero attached hydrogens (tertiary/aromatic N) is 3. The number of halogens is 1. The molecule has 0 radical (unpaired) electrons. The maximum Gasteiger partial charge on any atom is 0.138 e. The van der Waals surface area contributed by atoms with Gasteiger partial charge >= 0.3 is 0 Å². The summed E-state index contributed by atoms with van der Waals surface area (Å²) in [5.41, 5.74) is 0.866. The van der Waals surface area contributed by atoms with E-state index in [2.05, 4.69) is 26.0 Å². The van der Waals surface area contributed by atoms with E-state index in [0.29, 0.717) is 6.42 Å². The molecule has 5 heteroatoms. The Labute approximate surface area is 102 Å². The minimum Gasteiger partial charge on any atom is -0.388 e. The van der Waals surface area contributed by atoms with Crippen molar-refractivity contribution in [3.8, 4) is 0 Å². The normalized spacial score (nSPS) is 12.7. The number of aliphatic hydroxyl groups excluding tert-OH is 1. The Morgan fingerprint density at radius 1 is 1.44 bits per heavy atom. The van der Waals surface area contributed by atoms with Gasteiger partial charge in [-0.05, 0) is 11.6 Å².